The number of nitriles is 1. The predicted octanol–water partition coefficient (Wildman–Crippen LogP) is -0.371. The molecule has 0 radical (unpaired) electrons. The molecular formula is C21H24N4O4S. The summed E-state index contributed by atoms with van der Waals surface area (Å²) in [6.07, 6.45) is 1.72. The van der Waals surface area contributed by atoms with Crippen LogP contribution in [0.3, 0.4) is 0 Å². The molecule has 1 aromatic carbocycles. The van der Waals surface area contributed by atoms with Gasteiger partial charge in [0.2, 0.25) is 0 Å². The third-order valence-corrected chi connectivity index (χ3v) is 5.86. The van der Waals surface area contributed by atoms with Gasteiger partial charge in [0.05, 0.1) is 24.4 Å². The van der Waals surface area contributed by atoms with Gasteiger partial charge in [-0.1, -0.05) is 18.2 Å². The maximum atomic E-state index is 13.2. The van der Waals surface area contributed by atoms with Crippen LogP contribution in [0.1, 0.15) is 12.5 Å². The SMILES string of the molecule is CCOc1ccccc1C=c1sc(=C(C#N)C(N)=O)n(CCN2CCOCC2)c1=O. The molecule has 0 spiro atoms. The predicted molar refractivity (Wildman–Crippen MR) is 114 cm³/mol. The van der Waals surface area contributed by atoms with E-state index in [1.165, 1.54) is 4.57 Å². The quantitative estimate of drug-likeness (QED) is 0.644. The van der Waals surface area contributed by atoms with Crippen molar-refractivity contribution in [3.05, 3.63) is 49.4 Å². The number of amides is 1. The van der Waals surface area contributed by atoms with Crippen LogP contribution in [-0.4, -0.2) is 54.8 Å². The summed E-state index contributed by atoms with van der Waals surface area (Å²) < 4.78 is 13.2. The summed E-state index contributed by atoms with van der Waals surface area (Å²) in [4.78, 5) is 27.1. The molecule has 0 atom stereocenters. The number of thiazole rings is 1. The lowest BCUT2D eigenvalue weighted by molar-refractivity contribution is -0.112. The van der Waals surface area contributed by atoms with Crippen molar-refractivity contribution >= 4 is 28.9 Å². The first-order chi connectivity index (χ1) is 14.5. The summed E-state index contributed by atoms with van der Waals surface area (Å²) in [5.41, 5.74) is 5.68. The Balaban J connectivity index is 2.10. The summed E-state index contributed by atoms with van der Waals surface area (Å²) in [6, 6.07) is 9.25. The van der Waals surface area contributed by atoms with Crippen molar-refractivity contribution in [3.63, 3.8) is 0 Å². The number of rotatable bonds is 7. The van der Waals surface area contributed by atoms with Gasteiger partial charge >= 0.3 is 0 Å². The number of carbonyl (C=O) groups excluding carboxylic acids is 1. The number of morpholine rings is 1. The van der Waals surface area contributed by atoms with Gasteiger partial charge in [-0.05, 0) is 19.1 Å². The Morgan fingerprint density at radius 3 is 2.73 bits per heavy atom. The molecule has 0 unspecified atom stereocenters. The molecule has 8 nitrogen and oxygen atoms in total. The molecule has 1 fully saturated rings. The van der Waals surface area contributed by atoms with Crippen LogP contribution in [0.15, 0.2) is 29.1 Å². The lowest BCUT2D eigenvalue weighted by Gasteiger charge is -2.26. The van der Waals surface area contributed by atoms with E-state index in [-0.39, 0.29) is 15.8 Å². The average molecular weight is 429 g/mol. The highest BCUT2D eigenvalue weighted by atomic mass is 32.1. The second kappa shape index (κ2) is 10.2. The highest BCUT2D eigenvalue weighted by molar-refractivity contribution is 7.07. The number of hydrogen-bond acceptors (Lipinski definition) is 7. The van der Waals surface area contributed by atoms with E-state index in [1.807, 2.05) is 37.3 Å². The molecule has 1 aromatic heterocycles. The normalized spacial score (nSPS) is 16.2. The Labute approximate surface area is 178 Å². The lowest BCUT2D eigenvalue weighted by Crippen LogP contribution is -2.42. The Hall–Kier alpha value is -2.93. The van der Waals surface area contributed by atoms with Gasteiger partial charge in [-0.15, -0.1) is 11.3 Å². The fourth-order valence-corrected chi connectivity index (χ4v) is 4.34. The minimum atomic E-state index is -0.847. The van der Waals surface area contributed by atoms with Crippen LogP contribution in [0, 0.1) is 11.3 Å². The zero-order chi connectivity index (χ0) is 21.5. The van der Waals surface area contributed by atoms with Crippen molar-refractivity contribution in [1.82, 2.24) is 9.47 Å². The smallest absolute Gasteiger partial charge is 0.269 e. The number of aromatic nitrogens is 1. The lowest BCUT2D eigenvalue weighted by atomic mass is 10.2. The Morgan fingerprint density at radius 1 is 1.33 bits per heavy atom. The van der Waals surface area contributed by atoms with E-state index >= 15 is 0 Å². The molecule has 2 N–H and O–H groups in total. The van der Waals surface area contributed by atoms with Crippen LogP contribution < -0.4 is 25.2 Å². The van der Waals surface area contributed by atoms with Gasteiger partial charge in [-0.3, -0.25) is 19.1 Å². The van der Waals surface area contributed by atoms with E-state index in [1.54, 1.807) is 6.08 Å². The van der Waals surface area contributed by atoms with E-state index in [0.717, 1.165) is 30.0 Å². The zero-order valence-electron chi connectivity index (χ0n) is 16.8. The standard InChI is InChI=1S/C21H24N4O4S/c1-2-29-17-6-4-3-5-15(17)13-18-20(27)25(8-7-24-9-11-28-12-10-24)21(30-18)16(14-22)19(23)26/h3-6,13H,2,7-12H2,1H3,(H2,23,26). The van der Waals surface area contributed by atoms with Crippen LogP contribution in [0.25, 0.3) is 11.6 Å². The largest absolute Gasteiger partial charge is 0.493 e. The molecule has 1 aliphatic rings. The monoisotopic (exact) mass is 428 g/mol. The molecule has 3 rings (SSSR count). The number of benzene rings is 1. The topological polar surface area (TPSA) is 111 Å². The van der Waals surface area contributed by atoms with Crippen molar-refractivity contribution in [2.45, 2.75) is 13.5 Å². The number of ether oxygens (including phenoxy) is 2. The molecule has 0 bridgehead atoms. The second-order valence-corrected chi connectivity index (χ2v) is 7.68. The summed E-state index contributed by atoms with van der Waals surface area (Å²) >= 11 is 1.09. The molecule has 1 aliphatic heterocycles. The summed E-state index contributed by atoms with van der Waals surface area (Å²) in [5, 5.41) is 9.44. The van der Waals surface area contributed by atoms with Gasteiger partial charge in [0.1, 0.15) is 16.5 Å². The van der Waals surface area contributed by atoms with Gasteiger partial charge in [0.15, 0.2) is 5.57 Å². The molecule has 1 saturated heterocycles. The van der Waals surface area contributed by atoms with E-state index in [9.17, 15) is 14.9 Å². The van der Waals surface area contributed by atoms with Crippen LogP contribution in [0.4, 0.5) is 0 Å². The first kappa shape index (κ1) is 21.8. The molecule has 1 amide bonds. The third kappa shape index (κ3) is 4.97. The summed E-state index contributed by atoms with van der Waals surface area (Å²) in [5.74, 6) is -0.186. The molecule has 0 aliphatic carbocycles. The van der Waals surface area contributed by atoms with Gasteiger partial charge < -0.3 is 15.2 Å². The minimum Gasteiger partial charge on any atom is -0.493 e. The van der Waals surface area contributed by atoms with Crippen molar-refractivity contribution < 1.29 is 14.3 Å². The highest BCUT2D eigenvalue weighted by Crippen LogP contribution is 2.18. The second-order valence-electron chi connectivity index (χ2n) is 6.65. The number of hydrogen-bond donors (Lipinski definition) is 1. The van der Waals surface area contributed by atoms with Crippen LogP contribution in [-0.2, 0) is 16.1 Å². The third-order valence-electron chi connectivity index (χ3n) is 4.73. The number of nitrogens with two attached hydrogens (primary N) is 1. The van der Waals surface area contributed by atoms with Crippen molar-refractivity contribution in [3.8, 4) is 11.8 Å². The van der Waals surface area contributed by atoms with Gasteiger partial charge in [0.25, 0.3) is 11.5 Å². The van der Waals surface area contributed by atoms with Crippen LogP contribution >= 0.6 is 11.3 Å². The van der Waals surface area contributed by atoms with Gasteiger partial charge in [-0.25, -0.2) is 0 Å². The summed E-state index contributed by atoms with van der Waals surface area (Å²) in [7, 11) is 0. The fourth-order valence-electron chi connectivity index (χ4n) is 3.21. The average Bonchev–Trinajstić information content (AvgIpc) is 3.04. The van der Waals surface area contributed by atoms with Crippen LogP contribution in [0.5, 0.6) is 5.75 Å². The molecule has 158 valence electrons. The minimum absolute atomic E-state index is 0.211. The molecule has 0 saturated carbocycles. The maximum Gasteiger partial charge on any atom is 0.269 e. The maximum absolute atomic E-state index is 13.2. The number of carbonyl (C=O) groups is 1. The first-order valence-corrected chi connectivity index (χ1v) is 10.5. The summed E-state index contributed by atoms with van der Waals surface area (Å²) in [6.45, 7) is 6.20. The fraction of sp³-hybridized carbons (Fsp3) is 0.381. The highest BCUT2D eigenvalue weighted by Gasteiger charge is 2.16. The molecule has 9 heteroatoms. The van der Waals surface area contributed by atoms with E-state index in [0.29, 0.717) is 43.2 Å². The zero-order valence-corrected chi connectivity index (χ0v) is 17.6. The number of para-hydroxylation sites is 1. The molecule has 2 heterocycles. The van der Waals surface area contributed by atoms with Crippen molar-refractivity contribution in [2.24, 2.45) is 5.73 Å². The van der Waals surface area contributed by atoms with Gasteiger partial charge in [0, 0.05) is 31.7 Å². The molecular weight excluding hydrogens is 404 g/mol. The van der Waals surface area contributed by atoms with Crippen molar-refractivity contribution in [1.29, 1.82) is 5.26 Å². The van der Waals surface area contributed by atoms with E-state index in [2.05, 4.69) is 4.90 Å². The van der Waals surface area contributed by atoms with E-state index in [4.69, 9.17) is 15.2 Å². The van der Waals surface area contributed by atoms with Crippen LogP contribution in [0.2, 0.25) is 0 Å². The number of nitrogens with zero attached hydrogens (tertiary/aromatic N) is 3. The Morgan fingerprint density at radius 2 is 2.07 bits per heavy atom. The molecule has 30 heavy (non-hydrogen) atoms. The van der Waals surface area contributed by atoms with Gasteiger partial charge in [-0.2, -0.15) is 5.26 Å². The Kier molecular flexibility index (Phi) is 7.41. The Bertz CT molecular complexity index is 1120. The van der Waals surface area contributed by atoms with Crippen molar-refractivity contribution in [2.75, 3.05) is 39.5 Å². The first-order valence-electron chi connectivity index (χ1n) is 9.72. The molecule has 2 aromatic rings. The van der Waals surface area contributed by atoms with E-state index < -0.39 is 5.91 Å². The number of primary amides is 1.